The van der Waals surface area contributed by atoms with Gasteiger partial charge in [0.15, 0.2) is 0 Å². The quantitative estimate of drug-likeness (QED) is 0.620. The smallest absolute Gasteiger partial charge is 0.337 e. The number of nitrogens with zero attached hydrogens (tertiary/aromatic N) is 2. The molecule has 6 nitrogen and oxygen atoms in total. The number of amides is 1. The number of hydrogen-bond donors (Lipinski definition) is 1. The molecular weight excluding hydrogens is 378 g/mol. The molecule has 2 aromatic carbocycles. The van der Waals surface area contributed by atoms with Crippen LogP contribution in [0.25, 0.3) is 5.69 Å². The Morgan fingerprint density at radius 3 is 2.27 bits per heavy atom. The molecule has 1 N–H and O–H groups in total. The van der Waals surface area contributed by atoms with Crippen molar-refractivity contribution in [2.75, 3.05) is 7.11 Å². The first-order valence-corrected chi connectivity index (χ1v) is 10.00. The van der Waals surface area contributed by atoms with Crippen LogP contribution in [0.5, 0.6) is 0 Å². The first kappa shape index (κ1) is 21.3. The number of carbonyl (C=O) groups excluding carboxylic acids is 2. The van der Waals surface area contributed by atoms with Gasteiger partial charge in [0, 0.05) is 5.69 Å². The lowest BCUT2D eigenvalue weighted by molar-refractivity contribution is 0.0600. The summed E-state index contributed by atoms with van der Waals surface area (Å²) in [5.74, 6) is 0.177. The predicted molar refractivity (Wildman–Crippen MR) is 116 cm³/mol. The number of ether oxygens (including phenoxy) is 1. The third kappa shape index (κ3) is 4.27. The van der Waals surface area contributed by atoms with E-state index in [0.717, 1.165) is 23.5 Å². The number of nitrogens with one attached hydrogen (secondary N) is 1. The molecule has 6 heteroatoms. The largest absolute Gasteiger partial charge is 0.465 e. The highest BCUT2D eigenvalue weighted by atomic mass is 16.5. The van der Waals surface area contributed by atoms with Crippen LogP contribution >= 0.6 is 0 Å². The fourth-order valence-electron chi connectivity index (χ4n) is 3.51. The highest BCUT2D eigenvalue weighted by Crippen LogP contribution is 2.21. The summed E-state index contributed by atoms with van der Waals surface area (Å²) in [6.45, 7) is 7.75. The maximum atomic E-state index is 13.2. The molecule has 0 fully saturated rings. The number of benzene rings is 2. The van der Waals surface area contributed by atoms with Crippen molar-refractivity contribution in [3.8, 4) is 5.69 Å². The molecular formula is C24H27N3O3. The van der Waals surface area contributed by atoms with E-state index in [4.69, 9.17) is 4.74 Å². The van der Waals surface area contributed by atoms with Crippen LogP contribution in [0.3, 0.4) is 0 Å². The second kappa shape index (κ2) is 8.95. The zero-order valence-electron chi connectivity index (χ0n) is 18.0. The molecule has 0 aliphatic carbocycles. The van der Waals surface area contributed by atoms with Crippen LogP contribution < -0.4 is 5.32 Å². The van der Waals surface area contributed by atoms with Gasteiger partial charge >= 0.3 is 5.97 Å². The van der Waals surface area contributed by atoms with Crippen LogP contribution in [-0.4, -0.2) is 28.5 Å². The summed E-state index contributed by atoms with van der Waals surface area (Å²) in [5.41, 5.74) is 4.71. The fraction of sp³-hybridized carbons (Fsp3) is 0.292. The molecule has 3 aromatic rings. The van der Waals surface area contributed by atoms with Crippen molar-refractivity contribution in [3.05, 3.63) is 82.4 Å². The van der Waals surface area contributed by atoms with Crippen molar-refractivity contribution >= 4 is 11.9 Å². The van der Waals surface area contributed by atoms with E-state index in [-0.39, 0.29) is 17.9 Å². The molecule has 0 saturated carbocycles. The van der Waals surface area contributed by atoms with Gasteiger partial charge < -0.3 is 10.1 Å². The van der Waals surface area contributed by atoms with Gasteiger partial charge in [0.2, 0.25) is 0 Å². The minimum atomic E-state index is -0.387. The fourth-order valence-corrected chi connectivity index (χ4v) is 3.51. The average molecular weight is 405 g/mol. The Kier molecular flexibility index (Phi) is 6.35. The van der Waals surface area contributed by atoms with Crippen LogP contribution in [0.15, 0.2) is 48.5 Å². The van der Waals surface area contributed by atoms with Gasteiger partial charge in [0.25, 0.3) is 5.91 Å². The third-order valence-corrected chi connectivity index (χ3v) is 5.22. The number of aryl methyl sites for hydroxylation is 3. The Morgan fingerprint density at radius 1 is 1.07 bits per heavy atom. The average Bonchev–Trinajstić information content (AvgIpc) is 3.06. The Morgan fingerprint density at radius 2 is 1.70 bits per heavy atom. The molecule has 0 saturated heterocycles. The predicted octanol–water partition coefficient (Wildman–Crippen LogP) is 4.33. The van der Waals surface area contributed by atoms with Gasteiger partial charge in [-0.05, 0) is 62.6 Å². The molecule has 0 spiro atoms. The van der Waals surface area contributed by atoms with Crippen LogP contribution in [0.1, 0.15) is 63.4 Å². The number of rotatable bonds is 6. The van der Waals surface area contributed by atoms with Gasteiger partial charge in [-0.25, -0.2) is 9.78 Å². The summed E-state index contributed by atoms with van der Waals surface area (Å²) < 4.78 is 6.61. The molecule has 30 heavy (non-hydrogen) atoms. The van der Waals surface area contributed by atoms with E-state index in [2.05, 4.69) is 29.4 Å². The highest BCUT2D eigenvalue weighted by molar-refractivity contribution is 5.95. The molecule has 0 radical (unpaired) electrons. The normalized spacial score (nSPS) is 11.8. The van der Waals surface area contributed by atoms with E-state index in [1.807, 2.05) is 49.6 Å². The maximum Gasteiger partial charge on any atom is 0.337 e. The summed E-state index contributed by atoms with van der Waals surface area (Å²) in [6, 6.07) is 14.9. The third-order valence-electron chi connectivity index (χ3n) is 5.22. The molecule has 1 aromatic heterocycles. The van der Waals surface area contributed by atoms with E-state index < -0.39 is 0 Å². The lowest BCUT2D eigenvalue weighted by Gasteiger charge is -2.17. The van der Waals surface area contributed by atoms with Crippen molar-refractivity contribution in [2.24, 2.45) is 0 Å². The second-order valence-electron chi connectivity index (χ2n) is 7.26. The number of esters is 1. The lowest BCUT2D eigenvalue weighted by Crippen LogP contribution is -2.29. The Labute approximate surface area is 176 Å². The summed E-state index contributed by atoms with van der Waals surface area (Å²) >= 11 is 0. The first-order chi connectivity index (χ1) is 14.3. The second-order valence-corrected chi connectivity index (χ2v) is 7.26. The number of carbonyl (C=O) groups is 2. The van der Waals surface area contributed by atoms with Gasteiger partial charge in [0.05, 0.1) is 24.4 Å². The number of methoxy groups -OCH3 is 1. The molecule has 1 atom stereocenters. The van der Waals surface area contributed by atoms with Crippen molar-refractivity contribution in [3.63, 3.8) is 0 Å². The van der Waals surface area contributed by atoms with Crippen LogP contribution in [-0.2, 0) is 11.2 Å². The van der Waals surface area contributed by atoms with Crippen molar-refractivity contribution in [2.45, 2.75) is 40.2 Å². The molecule has 1 amide bonds. The SMILES string of the molecule is CCc1ccc(-n2c(C)nc(C)c2C(=O)N[C@@H](C)c2ccc(C(=O)OC)cc2)cc1. The zero-order valence-corrected chi connectivity index (χ0v) is 18.0. The molecule has 0 unspecified atom stereocenters. The van der Waals surface area contributed by atoms with Gasteiger partial charge in [-0.15, -0.1) is 0 Å². The topological polar surface area (TPSA) is 73.2 Å². The Hall–Kier alpha value is -3.41. The number of hydrogen-bond acceptors (Lipinski definition) is 4. The van der Waals surface area contributed by atoms with E-state index in [1.165, 1.54) is 12.7 Å². The monoisotopic (exact) mass is 405 g/mol. The van der Waals surface area contributed by atoms with Crippen LogP contribution in [0.2, 0.25) is 0 Å². The molecule has 0 aliphatic heterocycles. The number of imidazole rings is 1. The van der Waals surface area contributed by atoms with E-state index >= 15 is 0 Å². The molecule has 0 aliphatic rings. The summed E-state index contributed by atoms with van der Waals surface area (Å²) in [4.78, 5) is 29.3. The van der Waals surface area contributed by atoms with Crippen LogP contribution in [0.4, 0.5) is 0 Å². The van der Waals surface area contributed by atoms with Gasteiger partial charge in [-0.3, -0.25) is 9.36 Å². The Bertz CT molecular complexity index is 1050. The van der Waals surface area contributed by atoms with E-state index in [9.17, 15) is 9.59 Å². The summed E-state index contributed by atoms with van der Waals surface area (Å²) in [6.07, 6.45) is 0.960. The van der Waals surface area contributed by atoms with Crippen molar-refractivity contribution in [1.82, 2.24) is 14.9 Å². The number of aromatic nitrogens is 2. The molecule has 156 valence electrons. The van der Waals surface area contributed by atoms with Gasteiger partial charge in [-0.1, -0.05) is 31.2 Å². The first-order valence-electron chi connectivity index (χ1n) is 10.00. The van der Waals surface area contributed by atoms with Crippen LogP contribution in [0, 0.1) is 13.8 Å². The zero-order chi connectivity index (χ0) is 21.8. The van der Waals surface area contributed by atoms with Gasteiger partial charge in [0.1, 0.15) is 11.5 Å². The standard InChI is InChI=1S/C24H27N3O3/c1-6-18-7-13-21(14-8-18)27-17(4)25-16(3)22(27)23(28)26-15(2)19-9-11-20(12-10-19)24(29)30-5/h7-15H,6H2,1-5H3,(H,26,28)/t15-/m0/s1. The minimum absolute atomic E-state index is 0.197. The van der Waals surface area contributed by atoms with E-state index in [0.29, 0.717) is 17.0 Å². The van der Waals surface area contributed by atoms with Crippen molar-refractivity contribution in [1.29, 1.82) is 0 Å². The maximum absolute atomic E-state index is 13.2. The highest BCUT2D eigenvalue weighted by Gasteiger charge is 2.22. The van der Waals surface area contributed by atoms with E-state index in [1.54, 1.807) is 12.1 Å². The molecule has 0 bridgehead atoms. The molecule has 1 heterocycles. The Balaban J connectivity index is 1.85. The minimum Gasteiger partial charge on any atom is -0.465 e. The van der Waals surface area contributed by atoms with Gasteiger partial charge in [-0.2, -0.15) is 0 Å². The van der Waals surface area contributed by atoms with Crippen molar-refractivity contribution < 1.29 is 14.3 Å². The molecule has 3 rings (SSSR count). The summed E-state index contributed by atoms with van der Waals surface area (Å²) in [7, 11) is 1.35. The lowest BCUT2D eigenvalue weighted by atomic mass is 10.1. The summed E-state index contributed by atoms with van der Waals surface area (Å²) in [5, 5.41) is 3.05.